The number of nitrogens with one attached hydrogen (secondary N) is 1. The molecule has 1 heterocycles. The topological polar surface area (TPSA) is 119 Å². The molecule has 3 rings (SSSR count). The zero-order valence-corrected chi connectivity index (χ0v) is 16.1. The van der Waals surface area contributed by atoms with E-state index in [1.54, 1.807) is 24.3 Å². The molecule has 9 nitrogen and oxygen atoms in total. The average molecular weight is 405 g/mol. The van der Waals surface area contributed by atoms with Crippen LogP contribution in [0.5, 0.6) is 5.75 Å². The van der Waals surface area contributed by atoms with E-state index in [1.165, 1.54) is 32.0 Å². The van der Waals surface area contributed by atoms with Crippen molar-refractivity contribution in [3.63, 3.8) is 0 Å². The van der Waals surface area contributed by atoms with Gasteiger partial charge in [-0.25, -0.2) is 8.42 Å². The van der Waals surface area contributed by atoms with E-state index < -0.39 is 27.0 Å². The lowest BCUT2D eigenvalue weighted by molar-refractivity contribution is -0.385. The first-order valence-corrected chi connectivity index (χ1v) is 10.2. The molecule has 0 saturated carbocycles. The molecule has 2 aromatic rings. The van der Waals surface area contributed by atoms with Crippen LogP contribution in [-0.4, -0.2) is 37.6 Å². The molecule has 0 fully saturated rings. The normalized spacial score (nSPS) is 16.1. The Balaban J connectivity index is 1.90. The van der Waals surface area contributed by atoms with Gasteiger partial charge in [0.2, 0.25) is 10.0 Å². The van der Waals surface area contributed by atoms with Crippen molar-refractivity contribution in [3.8, 4) is 5.75 Å². The van der Waals surface area contributed by atoms with Gasteiger partial charge >= 0.3 is 0 Å². The lowest BCUT2D eigenvalue weighted by Gasteiger charge is -2.34. The molecule has 1 amide bonds. The number of ether oxygens (including phenoxy) is 1. The van der Waals surface area contributed by atoms with E-state index in [0.717, 1.165) is 4.31 Å². The molecule has 1 aliphatic heterocycles. The summed E-state index contributed by atoms with van der Waals surface area (Å²) < 4.78 is 31.8. The van der Waals surface area contributed by atoms with E-state index in [4.69, 9.17) is 4.74 Å². The summed E-state index contributed by atoms with van der Waals surface area (Å²) in [5.41, 5.74) is 0.824. The fourth-order valence-corrected chi connectivity index (χ4v) is 4.05. The van der Waals surface area contributed by atoms with Crippen LogP contribution in [0.25, 0.3) is 0 Å². The monoisotopic (exact) mass is 405 g/mol. The molecule has 28 heavy (non-hydrogen) atoms. The lowest BCUT2D eigenvalue weighted by Crippen LogP contribution is -2.49. The van der Waals surface area contributed by atoms with Gasteiger partial charge in [0.1, 0.15) is 5.75 Å². The van der Waals surface area contributed by atoms with Crippen molar-refractivity contribution in [2.45, 2.75) is 20.0 Å². The minimum absolute atomic E-state index is 0.122. The Bertz CT molecular complexity index is 1040. The fourth-order valence-electron chi connectivity index (χ4n) is 2.93. The maximum absolute atomic E-state index is 12.7. The maximum atomic E-state index is 12.7. The van der Waals surface area contributed by atoms with Gasteiger partial charge in [-0.05, 0) is 32.0 Å². The summed E-state index contributed by atoms with van der Waals surface area (Å²) in [7, 11) is -3.62. The number of hydrogen-bond donors (Lipinski definition) is 1. The predicted molar refractivity (Wildman–Crippen MR) is 104 cm³/mol. The van der Waals surface area contributed by atoms with Gasteiger partial charge in [0, 0.05) is 6.07 Å². The molecule has 1 atom stereocenters. The predicted octanol–water partition coefficient (Wildman–Crippen LogP) is 2.46. The van der Waals surface area contributed by atoms with Crippen LogP contribution in [0.3, 0.4) is 0 Å². The van der Waals surface area contributed by atoms with Crippen LogP contribution in [0.1, 0.15) is 12.5 Å². The molecule has 0 bridgehead atoms. The number of anilines is 2. The van der Waals surface area contributed by atoms with Crippen molar-refractivity contribution in [1.82, 2.24) is 0 Å². The molecular weight excluding hydrogens is 386 g/mol. The highest BCUT2D eigenvalue weighted by Crippen LogP contribution is 2.35. The van der Waals surface area contributed by atoms with Gasteiger partial charge in [0.25, 0.3) is 11.6 Å². The second kappa shape index (κ2) is 7.47. The van der Waals surface area contributed by atoms with E-state index in [9.17, 15) is 23.3 Å². The Labute approximate surface area is 162 Å². The highest BCUT2D eigenvalue weighted by atomic mass is 32.2. The van der Waals surface area contributed by atoms with E-state index in [2.05, 4.69) is 5.32 Å². The molecule has 0 saturated heterocycles. The molecule has 148 valence electrons. The zero-order chi connectivity index (χ0) is 20.5. The SMILES string of the molecule is CCS(=O)(=O)N1C[C@@H](C(=O)Nc2cccc([N+](=O)[O-])c2C)Oc2ccccc21. The number of hydrogen-bond acceptors (Lipinski definition) is 6. The molecular formula is C18H19N3O6S. The van der Waals surface area contributed by atoms with E-state index >= 15 is 0 Å². The molecule has 1 N–H and O–H groups in total. The number of carbonyl (C=O) groups excluding carboxylic acids is 1. The summed E-state index contributed by atoms with van der Waals surface area (Å²) in [4.78, 5) is 23.3. The molecule has 1 aliphatic rings. The van der Waals surface area contributed by atoms with Crippen LogP contribution < -0.4 is 14.4 Å². The van der Waals surface area contributed by atoms with Gasteiger partial charge in [-0.15, -0.1) is 0 Å². The number of benzene rings is 2. The van der Waals surface area contributed by atoms with Gasteiger partial charge in [-0.2, -0.15) is 0 Å². The van der Waals surface area contributed by atoms with Crippen molar-refractivity contribution in [3.05, 3.63) is 58.1 Å². The van der Waals surface area contributed by atoms with Gasteiger partial charge in [-0.1, -0.05) is 18.2 Å². The summed E-state index contributed by atoms with van der Waals surface area (Å²) in [6.45, 7) is 2.86. The van der Waals surface area contributed by atoms with Gasteiger partial charge in [0.15, 0.2) is 6.10 Å². The Morgan fingerprint density at radius 3 is 2.68 bits per heavy atom. The minimum atomic E-state index is -3.62. The number of fused-ring (bicyclic) bond motifs is 1. The number of nitrogens with zero attached hydrogens (tertiary/aromatic N) is 2. The summed E-state index contributed by atoms with van der Waals surface area (Å²) in [6.07, 6.45) is -1.10. The number of amides is 1. The van der Waals surface area contributed by atoms with Gasteiger partial charge < -0.3 is 10.1 Å². The highest BCUT2D eigenvalue weighted by Gasteiger charge is 2.36. The standard InChI is InChI=1S/C18H19N3O6S/c1-3-28(25,26)20-11-17(27-16-10-5-4-8-15(16)20)18(22)19-13-7-6-9-14(12(13)2)21(23)24/h4-10,17H,3,11H2,1-2H3,(H,19,22)/t17-/m0/s1. The number of nitro groups is 1. The molecule has 10 heteroatoms. The molecule has 0 aromatic heterocycles. The van der Waals surface area contributed by atoms with Crippen LogP contribution in [-0.2, 0) is 14.8 Å². The van der Waals surface area contributed by atoms with Crippen LogP contribution >= 0.6 is 0 Å². The summed E-state index contributed by atoms with van der Waals surface area (Å²) in [6, 6.07) is 10.9. The number of rotatable bonds is 5. The Hall–Kier alpha value is -3.14. The van der Waals surface area contributed by atoms with Crippen molar-refractivity contribution < 1.29 is 22.9 Å². The largest absolute Gasteiger partial charge is 0.476 e. The van der Waals surface area contributed by atoms with Crippen molar-refractivity contribution >= 4 is 33.0 Å². The number of nitro benzene ring substituents is 1. The third-order valence-corrected chi connectivity index (χ3v) is 6.23. The van der Waals surface area contributed by atoms with Crippen LogP contribution in [0, 0.1) is 17.0 Å². The quantitative estimate of drug-likeness (QED) is 0.603. The second-order valence-electron chi connectivity index (χ2n) is 6.20. The van der Waals surface area contributed by atoms with Crippen LogP contribution in [0.2, 0.25) is 0 Å². The minimum Gasteiger partial charge on any atom is -0.476 e. The summed E-state index contributed by atoms with van der Waals surface area (Å²) in [5.74, 6) is -0.435. The van der Waals surface area contributed by atoms with Crippen LogP contribution in [0.15, 0.2) is 42.5 Å². The van der Waals surface area contributed by atoms with Crippen molar-refractivity contribution in [1.29, 1.82) is 0 Å². The number of carbonyl (C=O) groups is 1. The van der Waals surface area contributed by atoms with E-state index in [1.807, 2.05) is 0 Å². The summed E-state index contributed by atoms with van der Waals surface area (Å²) >= 11 is 0. The second-order valence-corrected chi connectivity index (χ2v) is 8.38. The van der Waals surface area contributed by atoms with Gasteiger partial charge in [-0.3, -0.25) is 19.2 Å². The molecule has 0 unspecified atom stereocenters. The van der Waals surface area contributed by atoms with Crippen molar-refractivity contribution in [2.75, 3.05) is 21.9 Å². The number of sulfonamides is 1. The first kappa shape index (κ1) is 19.6. The van der Waals surface area contributed by atoms with Gasteiger partial charge in [0.05, 0.1) is 34.2 Å². The van der Waals surface area contributed by atoms with E-state index in [-0.39, 0.29) is 29.4 Å². The third kappa shape index (κ3) is 3.63. The highest BCUT2D eigenvalue weighted by molar-refractivity contribution is 7.92. The lowest BCUT2D eigenvalue weighted by atomic mass is 10.1. The third-order valence-electron chi connectivity index (χ3n) is 4.49. The summed E-state index contributed by atoms with van der Waals surface area (Å²) in [5, 5.41) is 13.7. The number of para-hydroxylation sites is 2. The smallest absolute Gasteiger partial charge is 0.274 e. The average Bonchev–Trinajstić information content (AvgIpc) is 2.68. The maximum Gasteiger partial charge on any atom is 0.274 e. The first-order chi connectivity index (χ1) is 13.2. The Morgan fingerprint density at radius 2 is 2.00 bits per heavy atom. The molecule has 0 radical (unpaired) electrons. The zero-order valence-electron chi connectivity index (χ0n) is 15.3. The Morgan fingerprint density at radius 1 is 1.29 bits per heavy atom. The van der Waals surface area contributed by atoms with E-state index in [0.29, 0.717) is 11.3 Å². The fraction of sp³-hybridized carbons (Fsp3) is 0.278. The molecule has 0 spiro atoms. The Kier molecular flexibility index (Phi) is 5.23. The molecule has 0 aliphatic carbocycles. The first-order valence-electron chi connectivity index (χ1n) is 8.55. The van der Waals surface area contributed by atoms with Crippen molar-refractivity contribution in [2.24, 2.45) is 0 Å². The molecule has 2 aromatic carbocycles. The van der Waals surface area contributed by atoms with Crippen LogP contribution in [0.4, 0.5) is 17.1 Å².